The van der Waals surface area contributed by atoms with Crippen molar-refractivity contribution in [2.24, 2.45) is 4.99 Å². The van der Waals surface area contributed by atoms with E-state index in [0.717, 1.165) is 12.4 Å². The van der Waals surface area contributed by atoms with Crippen LogP contribution < -0.4 is 0 Å². The Kier molecular flexibility index (Phi) is 11.4. The molecule has 0 unspecified atom stereocenters. The molecule has 6 heteroatoms. The lowest BCUT2D eigenvalue weighted by Gasteiger charge is -2.22. The first-order chi connectivity index (χ1) is 7.84. The van der Waals surface area contributed by atoms with Gasteiger partial charge in [0.1, 0.15) is 0 Å². The van der Waals surface area contributed by atoms with Crippen molar-refractivity contribution in [3.63, 3.8) is 0 Å². The van der Waals surface area contributed by atoms with Crippen molar-refractivity contribution in [2.45, 2.75) is 32.8 Å². The molecule has 108 valence electrons. The molecule has 0 radical (unpaired) electrons. The molecule has 0 saturated heterocycles. The van der Waals surface area contributed by atoms with Gasteiger partial charge in [0.05, 0.1) is 6.10 Å². The Balaban J connectivity index is 0. The Morgan fingerprint density at radius 3 is 2.06 bits per heavy atom. The van der Waals surface area contributed by atoms with Crippen molar-refractivity contribution in [3.8, 4) is 0 Å². The van der Waals surface area contributed by atoms with E-state index >= 15 is 0 Å². The number of hydrogen-bond acceptors (Lipinski definition) is 3. The van der Waals surface area contributed by atoms with Gasteiger partial charge < -0.3 is 14.5 Å². The molecular formula is C12H26IN3O2. The number of guanidine groups is 1. The molecule has 0 aromatic carbocycles. The van der Waals surface area contributed by atoms with Crippen LogP contribution in [0.1, 0.15) is 26.7 Å². The lowest BCUT2D eigenvalue weighted by Crippen LogP contribution is -2.35. The van der Waals surface area contributed by atoms with Gasteiger partial charge in [-0.05, 0) is 20.3 Å². The minimum Gasteiger partial charge on any atom is -0.463 e. The number of aliphatic imine (C=N–C) groups is 1. The number of carbonyl (C=O) groups is 1. The lowest BCUT2D eigenvalue weighted by atomic mass is 10.3. The van der Waals surface area contributed by atoms with E-state index in [1.807, 2.05) is 51.8 Å². The van der Waals surface area contributed by atoms with Gasteiger partial charge in [-0.2, -0.15) is 0 Å². The van der Waals surface area contributed by atoms with E-state index in [1.54, 1.807) is 0 Å². The summed E-state index contributed by atoms with van der Waals surface area (Å²) in [6.07, 6.45) is 1.11. The first-order valence-corrected chi connectivity index (χ1v) is 5.93. The molecule has 0 aromatic heterocycles. The van der Waals surface area contributed by atoms with Crippen molar-refractivity contribution in [2.75, 3.05) is 34.7 Å². The molecule has 0 rings (SSSR count). The molecule has 0 saturated carbocycles. The molecule has 0 heterocycles. The van der Waals surface area contributed by atoms with Gasteiger partial charge in [0, 0.05) is 41.2 Å². The Hall–Kier alpha value is -0.530. The highest BCUT2D eigenvalue weighted by atomic mass is 127. The molecule has 18 heavy (non-hydrogen) atoms. The van der Waals surface area contributed by atoms with Gasteiger partial charge in [0.2, 0.25) is 0 Å². The minimum absolute atomic E-state index is 0. The van der Waals surface area contributed by atoms with Gasteiger partial charge >= 0.3 is 5.97 Å². The Morgan fingerprint density at radius 2 is 1.67 bits per heavy atom. The van der Waals surface area contributed by atoms with Gasteiger partial charge in [-0.15, -0.1) is 24.0 Å². The average Bonchev–Trinajstić information content (AvgIpc) is 2.14. The maximum atomic E-state index is 11.3. The zero-order valence-corrected chi connectivity index (χ0v) is 14.6. The van der Waals surface area contributed by atoms with Crippen LogP contribution >= 0.6 is 24.0 Å². The third-order valence-corrected chi connectivity index (χ3v) is 1.96. The molecule has 0 aromatic rings. The van der Waals surface area contributed by atoms with E-state index in [-0.39, 0.29) is 36.0 Å². The standard InChI is InChI=1S/C12H25N3O2.HI/c1-10(2)17-11(16)8-7-9-13-12(14(3)4)15(5)6;/h10H,7-9H2,1-6H3;1H. The largest absolute Gasteiger partial charge is 0.463 e. The highest BCUT2D eigenvalue weighted by Crippen LogP contribution is 1.98. The number of ether oxygens (including phenoxy) is 1. The Labute approximate surface area is 128 Å². The van der Waals surface area contributed by atoms with Gasteiger partial charge in [0.15, 0.2) is 5.96 Å². The summed E-state index contributed by atoms with van der Waals surface area (Å²) in [5, 5.41) is 0. The number of hydrogen-bond donors (Lipinski definition) is 0. The summed E-state index contributed by atoms with van der Waals surface area (Å²) in [6, 6.07) is 0. The van der Waals surface area contributed by atoms with Crippen LogP contribution in [0.3, 0.4) is 0 Å². The number of nitrogens with zero attached hydrogens (tertiary/aromatic N) is 3. The summed E-state index contributed by atoms with van der Waals surface area (Å²) in [7, 11) is 7.80. The highest BCUT2D eigenvalue weighted by Gasteiger charge is 2.06. The topological polar surface area (TPSA) is 45.1 Å². The van der Waals surface area contributed by atoms with Crippen LogP contribution in [-0.4, -0.2) is 62.6 Å². The summed E-state index contributed by atoms with van der Waals surface area (Å²) >= 11 is 0. The molecule has 0 aliphatic rings. The zero-order valence-electron chi connectivity index (χ0n) is 12.3. The average molecular weight is 371 g/mol. The van der Waals surface area contributed by atoms with Crippen LogP contribution in [0.2, 0.25) is 0 Å². The molecule has 0 aliphatic heterocycles. The zero-order chi connectivity index (χ0) is 13.4. The molecule has 0 spiro atoms. The van der Waals surface area contributed by atoms with Crippen LogP contribution in [0.4, 0.5) is 0 Å². The summed E-state index contributed by atoms with van der Waals surface area (Å²) in [6.45, 7) is 4.34. The van der Waals surface area contributed by atoms with Crippen molar-refractivity contribution >= 4 is 35.9 Å². The predicted molar refractivity (Wildman–Crippen MR) is 85.6 cm³/mol. The maximum Gasteiger partial charge on any atom is 0.306 e. The van der Waals surface area contributed by atoms with Gasteiger partial charge in [-0.25, -0.2) is 0 Å². The van der Waals surface area contributed by atoms with Gasteiger partial charge in [-0.3, -0.25) is 9.79 Å². The lowest BCUT2D eigenvalue weighted by molar-refractivity contribution is -0.147. The van der Waals surface area contributed by atoms with E-state index in [2.05, 4.69) is 4.99 Å². The Morgan fingerprint density at radius 1 is 1.17 bits per heavy atom. The fourth-order valence-corrected chi connectivity index (χ4v) is 1.41. The molecule has 5 nitrogen and oxygen atoms in total. The monoisotopic (exact) mass is 371 g/mol. The van der Waals surface area contributed by atoms with Crippen LogP contribution in [0.25, 0.3) is 0 Å². The summed E-state index contributed by atoms with van der Waals surface area (Å²) in [5.74, 6) is 0.758. The normalized spacial score (nSPS) is 9.50. The maximum absolute atomic E-state index is 11.3. The molecule has 0 N–H and O–H groups in total. The Bertz CT molecular complexity index is 256. The van der Waals surface area contributed by atoms with Crippen molar-refractivity contribution in [1.29, 1.82) is 0 Å². The van der Waals surface area contributed by atoms with Crippen LogP contribution in [0.15, 0.2) is 4.99 Å². The second-order valence-corrected chi connectivity index (χ2v) is 4.61. The first kappa shape index (κ1) is 19.8. The van der Waals surface area contributed by atoms with E-state index < -0.39 is 0 Å². The van der Waals surface area contributed by atoms with Crippen LogP contribution in [-0.2, 0) is 9.53 Å². The third-order valence-electron chi connectivity index (χ3n) is 1.96. The number of esters is 1. The van der Waals surface area contributed by atoms with Gasteiger partial charge in [-0.1, -0.05) is 0 Å². The second kappa shape index (κ2) is 10.4. The smallest absolute Gasteiger partial charge is 0.306 e. The van der Waals surface area contributed by atoms with Crippen LogP contribution in [0, 0.1) is 0 Å². The third kappa shape index (κ3) is 9.49. The minimum atomic E-state index is -0.147. The molecule has 0 aliphatic carbocycles. The SMILES string of the molecule is CC(C)OC(=O)CCCN=C(N(C)C)N(C)C.I. The first-order valence-electron chi connectivity index (χ1n) is 5.93. The highest BCUT2D eigenvalue weighted by molar-refractivity contribution is 14.0. The van der Waals surface area contributed by atoms with Crippen molar-refractivity contribution < 1.29 is 9.53 Å². The fraction of sp³-hybridized carbons (Fsp3) is 0.833. The summed E-state index contributed by atoms with van der Waals surface area (Å²) in [5.41, 5.74) is 0. The molecular weight excluding hydrogens is 345 g/mol. The molecule has 0 fully saturated rings. The number of halogens is 1. The molecule has 0 bridgehead atoms. The van der Waals surface area contributed by atoms with Crippen molar-refractivity contribution in [1.82, 2.24) is 9.80 Å². The summed E-state index contributed by atoms with van der Waals surface area (Å²) in [4.78, 5) is 19.6. The number of carbonyl (C=O) groups excluding carboxylic acids is 1. The number of rotatable bonds is 5. The van der Waals surface area contributed by atoms with E-state index in [1.165, 1.54) is 0 Å². The van der Waals surface area contributed by atoms with E-state index in [9.17, 15) is 4.79 Å². The second-order valence-electron chi connectivity index (χ2n) is 4.61. The van der Waals surface area contributed by atoms with E-state index in [0.29, 0.717) is 13.0 Å². The summed E-state index contributed by atoms with van der Waals surface area (Å²) < 4.78 is 5.04. The van der Waals surface area contributed by atoms with Crippen molar-refractivity contribution in [3.05, 3.63) is 0 Å². The fourth-order valence-electron chi connectivity index (χ4n) is 1.41. The predicted octanol–water partition coefficient (Wildman–Crippen LogP) is 1.82. The molecule has 0 amide bonds. The molecule has 0 atom stereocenters. The van der Waals surface area contributed by atoms with Gasteiger partial charge in [0.25, 0.3) is 0 Å². The van der Waals surface area contributed by atoms with E-state index in [4.69, 9.17) is 4.74 Å². The van der Waals surface area contributed by atoms with Crippen LogP contribution in [0.5, 0.6) is 0 Å². The quantitative estimate of drug-likeness (QED) is 0.243.